The summed E-state index contributed by atoms with van der Waals surface area (Å²) in [5.74, 6) is 0.341. The highest BCUT2D eigenvalue weighted by atomic mass is 16.2. The van der Waals surface area contributed by atoms with E-state index in [9.17, 15) is 9.59 Å². The van der Waals surface area contributed by atoms with Crippen LogP contribution in [0.4, 0.5) is 16.3 Å². The van der Waals surface area contributed by atoms with E-state index >= 15 is 0 Å². The number of hydrogen-bond donors (Lipinski definition) is 5. The van der Waals surface area contributed by atoms with Crippen molar-refractivity contribution in [2.75, 3.05) is 31.6 Å². The summed E-state index contributed by atoms with van der Waals surface area (Å²) in [4.78, 5) is 27.4. The predicted octanol–water partition coefficient (Wildman–Crippen LogP) is 0.789. The number of nitrogens with zero attached hydrogens (tertiary/aromatic N) is 2. The van der Waals surface area contributed by atoms with E-state index in [4.69, 9.17) is 11.5 Å². The molecule has 27 heavy (non-hydrogen) atoms. The molecular weight excluding hydrogens is 346 g/mol. The molecule has 0 unspecified atom stereocenters. The van der Waals surface area contributed by atoms with Crippen molar-refractivity contribution in [3.8, 4) is 0 Å². The molecule has 0 radical (unpaired) electrons. The number of aryl methyl sites for hydroxylation is 1. The molecule has 0 saturated carbocycles. The summed E-state index contributed by atoms with van der Waals surface area (Å²) in [6, 6.07) is 7.21. The van der Waals surface area contributed by atoms with Crippen molar-refractivity contribution in [2.24, 2.45) is 0 Å². The van der Waals surface area contributed by atoms with Crippen LogP contribution in [0.3, 0.4) is 0 Å². The minimum Gasteiger partial charge on any atom is -0.399 e. The molecule has 3 aromatic rings. The maximum atomic E-state index is 12.1. The second-order valence-corrected chi connectivity index (χ2v) is 6.16. The van der Waals surface area contributed by atoms with Crippen molar-refractivity contribution in [1.29, 1.82) is 0 Å². The fourth-order valence-corrected chi connectivity index (χ4v) is 3.04. The maximum absolute atomic E-state index is 12.1. The number of carbonyl (C=O) groups excluding carboxylic acids is 2. The number of hydrogen-bond acceptors (Lipinski definition) is 5. The lowest BCUT2D eigenvalue weighted by molar-refractivity contribution is -0.121. The molecule has 3 rings (SSSR count). The zero-order valence-electron chi connectivity index (χ0n) is 15.1. The van der Waals surface area contributed by atoms with E-state index in [-0.39, 0.29) is 11.9 Å². The summed E-state index contributed by atoms with van der Waals surface area (Å²) in [5, 5.41) is 9.79. The number of benzene rings is 1. The van der Waals surface area contributed by atoms with Gasteiger partial charge in [-0.3, -0.25) is 4.79 Å². The van der Waals surface area contributed by atoms with Crippen LogP contribution in [0.15, 0.2) is 30.5 Å². The molecule has 2 heterocycles. The molecule has 0 fully saturated rings. The Morgan fingerprint density at radius 2 is 1.81 bits per heavy atom. The van der Waals surface area contributed by atoms with Crippen molar-refractivity contribution in [1.82, 2.24) is 25.5 Å². The van der Waals surface area contributed by atoms with E-state index in [2.05, 4.69) is 20.9 Å². The standard InChI is InChI=1S/C18H23N7O2/c1-21-18(27)23-6-5-22-17(26)4-7-25-14-3-2-11(19)8-12(14)13-9-16(20)24-10-15(13)25/h2-3,8-10H,4-7,19H2,1H3,(H2,20,24)(H,22,26)(H2,21,23,27). The SMILES string of the molecule is CNC(=O)NCCNC(=O)CCn1c2ccc(N)cc2c2cc(N)ncc21. The molecule has 0 spiro atoms. The van der Waals surface area contributed by atoms with Gasteiger partial charge in [-0.2, -0.15) is 0 Å². The van der Waals surface area contributed by atoms with Crippen LogP contribution in [-0.4, -0.2) is 41.6 Å². The van der Waals surface area contributed by atoms with Gasteiger partial charge in [-0.1, -0.05) is 0 Å². The van der Waals surface area contributed by atoms with Crippen LogP contribution < -0.4 is 27.4 Å². The lowest BCUT2D eigenvalue weighted by Crippen LogP contribution is -2.38. The Hall–Kier alpha value is -3.49. The van der Waals surface area contributed by atoms with Gasteiger partial charge in [0.25, 0.3) is 0 Å². The molecule has 2 aromatic heterocycles. The van der Waals surface area contributed by atoms with Gasteiger partial charge in [-0.15, -0.1) is 0 Å². The third kappa shape index (κ3) is 4.02. The van der Waals surface area contributed by atoms with E-state index in [1.54, 1.807) is 6.20 Å². The van der Waals surface area contributed by atoms with Crippen molar-refractivity contribution in [3.63, 3.8) is 0 Å². The largest absolute Gasteiger partial charge is 0.399 e. The molecule has 0 aliphatic carbocycles. The normalized spacial score (nSPS) is 10.9. The molecule has 3 amide bonds. The molecule has 1 aromatic carbocycles. The third-order valence-electron chi connectivity index (χ3n) is 4.32. The van der Waals surface area contributed by atoms with E-state index in [0.29, 0.717) is 37.6 Å². The summed E-state index contributed by atoms with van der Waals surface area (Å²) in [5.41, 5.74) is 14.3. The Labute approximate surface area is 156 Å². The molecule has 142 valence electrons. The van der Waals surface area contributed by atoms with Crippen LogP contribution in [0, 0.1) is 0 Å². The number of rotatable bonds is 6. The molecule has 0 aliphatic rings. The number of urea groups is 1. The second kappa shape index (κ2) is 7.81. The average Bonchev–Trinajstić information content (AvgIpc) is 2.95. The Balaban J connectivity index is 1.72. The number of amides is 3. The van der Waals surface area contributed by atoms with Gasteiger partial charge in [0.1, 0.15) is 5.82 Å². The lowest BCUT2D eigenvalue weighted by atomic mass is 10.1. The molecule has 9 heteroatoms. The van der Waals surface area contributed by atoms with Crippen LogP contribution in [0.1, 0.15) is 6.42 Å². The number of anilines is 2. The van der Waals surface area contributed by atoms with Crippen molar-refractivity contribution in [3.05, 3.63) is 30.5 Å². The number of carbonyl (C=O) groups is 2. The monoisotopic (exact) mass is 369 g/mol. The van der Waals surface area contributed by atoms with Gasteiger partial charge in [0.2, 0.25) is 5.91 Å². The second-order valence-electron chi connectivity index (χ2n) is 6.16. The number of aromatic nitrogens is 2. The van der Waals surface area contributed by atoms with Crippen molar-refractivity contribution < 1.29 is 9.59 Å². The molecule has 0 atom stereocenters. The summed E-state index contributed by atoms with van der Waals surface area (Å²) < 4.78 is 2.04. The van der Waals surface area contributed by atoms with E-state index in [1.165, 1.54) is 7.05 Å². The molecule has 7 N–H and O–H groups in total. The quantitative estimate of drug-likeness (QED) is 0.323. The lowest BCUT2D eigenvalue weighted by Gasteiger charge is -2.09. The highest BCUT2D eigenvalue weighted by Gasteiger charge is 2.13. The minimum absolute atomic E-state index is 0.0949. The van der Waals surface area contributed by atoms with Crippen molar-refractivity contribution in [2.45, 2.75) is 13.0 Å². The number of pyridine rings is 1. The van der Waals surface area contributed by atoms with Crippen molar-refractivity contribution >= 4 is 45.2 Å². The topological polar surface area (TPSA) is 140 Å². The van der Waals surface area contributed by atoms with Gasteiger partial charge in [0, 0.05) is 55.1 Å². The number of nitrogens with two attached hydrogens (primary N) is 2. The predicted molar refractivity (Wildman–Crippen MR) is 106 cm³/mol. The first kappa shape index (κ1) is 18.3. The van der Waals surface area contributed by atoms with E-state index in [0.717, 1.165) is 21.8 Å². The highest BCUT2D eigenvalue weighted by molar-refractivity contribution is 6.09. The highest BCUT2D eigenvalue weighted by Crippen LogP contribution is 2.31. The van der Waals surface area contributed by atoms with Crippen LogP contribution in [0.25, 0.3) is 21.8 Å². The van der Waals surface area contributed by atoms with Crippen LogP contribution in [-0.2, 0) is 11.3 Å². The first-order valence-electron chi connectivity index (χ1n) is 8.65. The summed E-state index contributed by atoms with van der Waals surface area (Å²) in [6.45, 7) is 1.22. The Bertz CT molecular complexity index is 937. The zero-order valence-corrected chi connectivity index (χ0v) is 15.1. The smallest absolute Gasteiger partial charge is 0.314 e. The fraction of sp³-hybridized carbons (Fsp3) is 0.278. The number of nitrogen functional groups attached to an aromatic ring is 2. The average molecular weight is 369 g/mol. The van der Waals surface area contributed by atoms with Crippen LogP contribution in [0.5, 0.6) is 0 Å². The minimum atomic E-state index is -0.277. The zero-order chi connectivity index (χ0) is 19.4. The molecule has 0 bridgehead atoms. The third-order valence-corrected chi connectivity index (χ3v) is 4.32. The summed E-state index contributed by atoms with van der Waals surface area (Å²) in [7, 11) is 1.54. The van der Waals surface area contributed by atoms with Crippen LogP contribution >= 0.6 is 0 Å². The van der Waals surface area contributed by atoms with Gasteiger partial charge >= 0.3 is 6.03 Å². The van der Waals surface area contributed by atoms with Gasteiger partial charge in [-0.05, 0) is 24.3 Å². The summed E-state index contributed by atoms with van der Waals surface area (Å²) >= 11 is 0. The van der Waals surface area contributed by atoms with Gasteiger partial charge < -0.3 is 32.0 Å². The molecule has 0 saturated heterocycles. The number of nitrogens with one attached hydrogen (secondary N) is 3. The Morgan fingerprint density at radius 3 is 2.59 bits per heavy atom. The van der Waals surface area contributed by atoms with Crippen LogP contribution in [0.2, 0.25) is 0 Å². The maximum Gasteiger partial charge on any atom is 0.314 e. The Morgan fingerprint density at radius 1 is 1.07 bits per heavy atom. The number of fused-ring (bicyclic) bond motifs is 3. The van der Waals surface area contributed by atoms with Gasteiger partial charge in [0.05, 0.1) is 11.7 Å². The van der Waals surface area contributed by atoms with Gasteiger partial charge in [0.15, 0.2) is 0 Å². The first-order chi connectivity index (χ1) is 13.0. The summed E-state index contributed by atoms with van der Waals surface area (Å²) in [6.07, 6.45) is 2.01. The Kier molecular flexibility index (Phi) is 5.30. The van der Waals surface area contributed by atoms with E-state index in [1.807, 2.05) is 28.8 Å². The molecule has 0 aliphatic heterocycles. The molecular formula is C18H23N7O2. The van der Waals surface area contributed by atoms with E-state index < -0.39 is 0 Å². The molecule has 9 nitrogen and oxygen atoms in total. The first-order valence-corrected chi connectivity index (χ1v) is 8.65. The fourth-order valence-electron chi connectivity index (χ4n) is 3.04. The van der Waals surface area contributed by atoms with Gasteiger partial charge in [-0.25, -0.2) is 9.78 Å².